The number of nitrogens with one attached hydrogen (secondary N) is 1. The van der Waals surface area contributed by atoms with Gasteiger partial charge in [-0.25, -0.2) is 0 Å². The average molecular weight is 240 g/mol. The van der Waals surface area contributed by atoms with Crippen LogP contribution >= 0.6 is 0 Å². The molecule has 0 radical (unpaired) electrons. The van der Waals surface area contributed by atoms with Crippen molar-refractivity contribution in [2.75, 3.05) is 7.11 Å². The number of benzene rings is 1. The van der Waals surface area contributed by atoms with E-state index in [0.717, 1.165) is 17.9 Å². The van der Waals surface area contributed by atoms with Crippen molar-refractivity contribution in [2.45, 2.75) is 13.5 Å². The van der Waals surface area contributed by atoms with Crippen LogP contribution < -0.4 is 5.32 Å². The van der Waals surface area contributed by atoms with Gasteiger partial charge in [-0.3, -0.25) is 0 Å². The zero-order chi connectivity index (χ0) is 12.5. The van der Waals surface area contributed by atoms with Gasteiger partial charge >= 0.3 is 0 Å². The lowest BCUT2D eigenvalue weighted by atomic mass is 10.1. The first kappa shape index (κ1) is 11.0. The Morgan fingerprint density at radius 2 is 2.11 bits per heavy atom. The molecule has 1 aromatic heterocycles. The molecular weight excluding hydrogens is 224 g/mol. The van der Waals surface area contributed by atoms with Gasteiger partial charge in [-0.1, -0.05) is 18.2 Å². The molecule has 0 spiro atoms. The van der Waals surface area contributed by atoms with Crippen LogP contribution in [0.15, 0.2) is 36.7 Å². The highest BCUT2D eigenvalue weighted by molar-refractivity contribution is 5.96. The van der Waals surface area contributed by atoms with Crippen molar-refractivity contribution in [2.24, 2.45) is 0 Å². The zero-order valence-electron chi connectivity index (χ0n) is 10.6. The summed E-state index contributed by atoms with van der Waals surface area (Å²) in [5, 5.41) is 4.35. The molecule has 1 aliphatic heterocycles. The number of aryl methyl sites for hydroxylation is 1. The van der Waals surface area contributed by atoms with Crippen molar-refractivity contribution in [1.29, 1.82) is 0 Å². The lowest BCUT2D eigenvalue weighted by Crippen LogP contribution is -1.97. The van der Waals surface area contributed by atoms with Crippen LogP contribution in [-0.2, 0) is 11.3 Å². The minimum Gasteiger partial charge on any atom is -0.494 e. The van der Waals surface area contributed by atoms with Crippen molar-refractivity contribution in [1.82, 2.24) is 9.88 Å². The summed E-state index contributed by atoms with van der Waals surface area (Å²) in [7, 11) is 1.71. The van der Waals surface area contributed by atoms with Crippen LogP contribution in [0.5, 0.6) is 0 Å². The van der Waals surface area contributed by atoms with E-state index in [9.17, 15) is 0 Å². The number of ether oxygens (including phenoxy) is 1. The fraction of sp³-hybridized carbons (Fsp3) is 0.200. The topological polar surface area (TPSA) is 26.2 Å². The fourth-order valence-electron chi connectivity index (χ4n) is 2.58. The maximum absolute atomic E-state index is 5.51. The summed E-state index contributed by atoms with van der Waals surface area (Å²) in [6.45, 7) is 3.10. The van der Waals surface area contributed by atoms with Crippen molar-refractivity contribution < 1.29 is 4.74 Å². The molecule has 2 aromatic rings. The average Bonchev–Trinajstić information content (AvgIpc) is 2.57. The number of para-hydroxylation sites is 1. The monoisotopic (exact) mass is 240 g/mol. The molecule has 1 aromatic carbocycles. The molecule has 0 atom stereocenters. The minimum absolute atomic E-state index is 0.874. The Balaban J connectivity index is 2.43. The summed E-state index contributed by atoms with van der Waals surface area (Å²) in [5.74, 6) is 0.874. The molecule has 0 unspecified atom stereocenters. The number of aromatic nitrogens is 1. The maximum atomic E-state index is 5.51. The zero-order valence-corrected chi connectivity index (χ0v) is 10.6. The molecule has 3 nitrogen and oxygen atoms in total. The first-order valence-electron chi connectivity index (χ1n) is 6.15. The molecule has 0 saturated heterocycles. The van der Waals surface area contributed by atoms with Crippen molar-refractivity contribution >= 4 is 22.7 Å². The van der Waals surface area contributed by atoms with Gasteiger partial charge in [-0.15, -0.1) is 0 Å². The number of hydrogen-bond donors (Lipinski definition) is 1. The van der Waals surface area contributed by atoms with Crippen LogP contribution in [0.25, 0.3) is 22.7 Å². The van der Waals surface area contributed by atoms with Crippen LogP contribution in [0.2, 0.25) is 0 Å². The van der Waals surface area contributed by atoms with Crippen molar-refractivity contribution in [3.05, 3.63) is 47.9 Å². The van der Waals surface area contributed by atoms with Gasteiger partial charge in [0, 0.05) is 29.8 Å². The van der Waals surface area contributed by atoms with E-state index in [1.807, 2.05) is 12.4 Å². The van der Waals surface area contributed by atoms with E-state index >= 15 is 0 Å². The number of nitrogens with zero attached hydrogens (tertiary/aromatic N) is 1. The van der Waals surface area contributed by atoms with Gasteiger partial charge in [0.05, 0.1) is 18.4 Å². The smallest absolute Gasteiger partial charge is 0.144 e. The van der Waals surface area contributed by atoms with E-state index in [2.05, 4.69) is 47.1 Å². The Hall–Kier alpha value is -2.16. The van der Waals surface area contributed by atoms with Crippen LogP contribution in [0.3, 0.4) is 0 Å². The Morgan fingerprint density at radius 1 is 1.28 bits per heavy atom. The van der Waals surface area contributed by atoms with Crippen LogP contribution in [0, 0.1) is 0 Å². The fourth-order valence-corrected chi connectivity index (χ4v) is 2.58. The SMILES string of the molecule is CCn1c2c(c3ccccc31)C(OC)=CNC=C2. The van der Waals surface area contributed by atoms with E-state index in [1.165, 1.54) is 16.6 Å². The summed E-state index contributed by atoms with van der Waals surface area (Å²) < 4.78 is 7.82. The molecule has 92 valence electrons. The molecule has 1 aliphatic rings. The van der Waals surface area contributed by atoms with E-state index in [0.29, 0.717) is 0 Å². The van der Waals surface area contributed by atoms with Gasteiger partial charge in [0.15, 0.2) is 0 Å². The lowest BCUT2D eigenvalue weighted by molar-refractivity contribution is 0.369. The molecule has 0 aliphatic carbocycles. The number of hydrogen-bond acceptors (Lipinski definition) is 2. The van der Waals surface area contributed by atoms with E-state index in [4.69, 9.17) is 4.74 Å². The second-order valence-corrected chi connectivity index (χ2v) is 4.23. The van der Waals surface area contributed by atoms with Gasteiger partial charge in [-0.2, -0.15) is 0 Å². The molecule has 1 N–H and O–H groups in total. The Morgan fingerprint density at radius 3 is 2.89 bits per heavy atom. The Kier molecular flexibility index (Phi) is 2.59. The number of methoxy groups -OCH3 is 1. The van der Waals surface area contributed by atoms with Gasteiger partial charge in [-0.05, 0) is 19.1 Å². The van der Waals surface area contributed by atoms with E-state index in [1.54, 1.807) is 7.11 Å². The van der Waals surface area contributed by atoms with Gasteiger partial charge in [0.1, 0.15) is 5.76 Å². The molecular formula is C15H16N2O. The highest BCUT2D eigenvalue weighted by Crippen LogP contribution is 2.33. The summed E-state index contributed by atoms with van der Waals surface area (Å²) >= 11 is 0. The highest BCUT2D eigenvalue weighted by Gasteiger charge is 2.19. The number of rotatable bonds is 2. The molecule has 3 heteroatoms. The maximum Gasteiger partial charge on any atom is 0.144 e. The van der Waals surface area contributed by atoms with Gasteiger partial charge in [0.2, 0.25) is 0 Å². The predicted molar refractivity (Wildman–Crippen MR) is 74.8 cm³/mol. The Bertz CT molecular complexity index is 650. The van der Waals surface area contributed by atoms with Gasteiger partial charge in [0.25, 0.3) is 0 Å². The number of fused-ring (bicyclic) bond motifs is 3. The van der Waals surface area contributed by atoms with Crippen molar-refractivity contribution in [3.8, 4) is 0 Å². The molecule has 0 saturated carbocycles. The van der Waals surface area contributed by atoms with Gasteiger partial charge < -0.3 is 14.6 Å². The first-order valence-corrected chi connectivity index (χ1v) is 6.15. The molecule has 0 fully saturated rings. The minimum atomic E-state index is 0.874. The highest BCUT2D eigenvalue weighted by atomic mass is 16.5. The van der Waals surface area contributed by atoms with E-state index in [-0.39, 0.29) is 0 Å². The molecule has 0 amide bonds. The first-order chi connectivity index (χ1) is 8.86. The normalized spacial score (nSPS) is 13.8. The predicted octanol–water partition coefficient (Wildman–Crippen LogP) is 3.18. The van der Waals surface area contributed by atoms with Crippen LogP contribution in [-0.4, -0.2) is 11.7 Å². The van der Waals surface area contributed by atoms with Crippen LogP contribution in [0.1, 0.15) is 18.2 Å². The third-order valence-electron chi connectivity index (χ3n) is 3.35. The lowest BCUT2D eigenvalue weighted by Gasteiger charge is -2.06. The summed E-state index contributed by atoms with van der Waals surface area (Å²) in [5.41, 5.74) is 3.60. The largest absolute Gasteiger partial charge is 0.494 e. The quantitative estimate of drug-likeness (QED) is 0.872. The standard InChI is InChI=1S/C15H16N2O/c1-3-17-12-7-5-4-6-11(12)15-13(17)8-9-16-10-14(15)18-2/h4-10,16H,3H2,1-2H3. The second kappa shape index (κ2) is 4.26. The summed E-state index contributed by atoms with van der Waals surface area (Å²) in [4.78, 5) is 0. The molecule has 2 heterocycles. The van der Waals surface area contributed by atoms with E-state index < -0.39 is 0 Å². The molecule has 18 heavy (non-hydrogen) atoms. The summed E-state index contributed by atoms with van der Waals surface area (Å²) in [6.07, 6.45) is 5.94. The van der Waals surface area contributed by atoms with Crippen LogP contribution in [0.4, 0.5) is 0 Å². The molecule has 3 rings (SSSR count). The van der Waals surface area contributed by atoms with Crippen molar-refractivity contribution in [3.63, 3.8) is 0 Å². The third kappa shape index (κ3) is 1.44. The Labute approximate surface area is 106 Å². The third-order valence-corrected chi connectivity index (χ3v) is 3.35. The molecule has 0 bridgehead atoms. The summed E-state index contributed by atoms with van der Waals surface area (Å²) in [6, 6.07) is 8.44. The second-order valence-electron chi connectivity index (χ2n) is 4.23.